The van der Waals surface area contributed by atoms with E-state index in [-0.39, 0.29) is 0 Å². The molecule has 0 saturated carbocycles. The lowest BCUT2D eigenvalue weighted by molar-refractivity contribution is -0.0849. The summed E-state index contributed by atoms with van der Waals surface area (Å²) in [6.45, 7) is 5.17. The van der Waals surface area contributed by atoms with Gasteiger partial charge in [-0.15, -0.1) is 0 Å². The quantitative estimate of drug-likeness (QED) is 0.886. The van der Waals surface area contributed by atoms with Crippen molar-refractivity contribution in [3.8, 4) is 5.75 Å². The monoisotopic (exact) mass is 354 g/mol. The number of aliphatic hydroxyl groups excluding tert-OH is 2. The van der Waals surface area contributed by atoms with Gasteiger partial charge in [0.1, 0.15) is 18.0 Å². The third kappa shape index (κ3) is 2.50. The molecule has 2 aliphatic rings. The summed E-state index contributed by atoms with van der Waals surface area (Å²) in [5.74, 6) is 0.875. The van der Waals surface area contributed by atoms with E-state index < -0.39 is 17.7 Å². The highest BCUT2D eigenvalue weighted by Crippen LogP contribution is 2.50. The van der Waals surface area contributed by atoms with Crippen LogP contribution in [0.1, 0.15) is 30.3 Å². The van der Waals surface area contributed by atoms with Crippen molar-refractivity contribution in [2.75, 3.05) is 38.2 Å². The molecule has 2 unspecified atom stereocenters. The lowest BCUT2D eigenvalue weighted by Gasteiger charge is -2.47. The summed E-state index contributed by atoms with van der Waals surface area (Å²) in [5.41, 5.74) is 2.08. The Bertz CT molecular complexity index is 757. The number of rotatable bonds is 3. The van der Waals surface area contributed by atoms with Gasteiger partial charge >= 0.3 is 0 Å². The molecule has 2 aromatic rings. The predicted octanol–water partition coefficient (Wildman–Crippen LogP) is 2.36. The number of fused-ring (bicyclic) bond motifs is 1. The minimum Gasteiger partial charge on any atom is -0.495 e. The van der Waals surface area contributed by atoms with Crippen LogP contribution in [0.4, 0.5) is 5.69 Å². The first-order valence-electron chi connectivity index (χ1n) is 9.15. The number of hydrogen-bond donors (Lipinski definition) is 2. The van der Waals surface area contributed by atoms with Gasteiger partial charge in [0.15, 0.2) is 0 Å². The van der Waals surface area contributed by atoms with E-state index in [1.54, 1.807) is 7.11 Å². The smallest absolute Gasteiger partial charge is 0.142 e. The summed E-state index contributed by atoms with van der Waals surface area (Å²) in [6.07, 6.45) is -1.38. The highest BCUT2D eigenvalue weighted by atomic mass is 16.5. The Morgan fingerprint density at radius 3 is 2.00 bits per heavy atom. The van der Waals surface area contributed by atoms with Gasteiger partial charge in [0.05, 0.1) is 18.3 Å². The molecule has 1 heterocycles. The van der Waals surface area contributed by atoms with E-state index in [2.05, 4.69) is 15.9 Å². The molecule has 5 nitrogen and oxygen atoms in total. The average molecular weight is 354 g/mol. The van der Waals surface area contributed by atoms with Crippen LogP contribution in [0.2, 0.25) is 0 Å². The van der Waals surface area contributed by atoms with Gasteiger partial charge in [-0.05, 0) is 30.2 Å². The molecule has 0 spiro atoms. The van der Waals surface area contributed by atoms with Crippen molar-refractivity contribution in [2.24, 2.45) is 0 Å². The number of hydrogen-bond acceptors (Lipinski definition) is 5. The molecular formula is C21H26N2O3. The standard InChI is InChI=1S/C21H26N2O3/c1-21(19(24)15-7-3-4-8-16(15)20(21)25)23-13-11-22(12-14-23)17-9-5-6-10-18(17)26-2/h3-10,19-20,24-25H,11-14H2,1-2H3. The minimum atomic E-state index is -0.698. The largest absolute Gasteiger partial charge is 0.495 e. The number of anilines is 1. The SMILES string of the molecule is COc1ccccc1N1CCN(C2(C)C(O)c3ccccc3C2O)CC1. The first-order valence-corrected chi connectivity index (χ1v) is 9.15. The van der Waals surface area contributed by atoms with Gasteiger partial charge in [-0.3, -0.25) is 4.90 Å². The maximum Gasteiger partial charge on any atom is 0.142 e. The molecule has 0 aromatic heterocycles. The Kier molecular flexibility index (Phi) is 4.39. The Balaban J connectivity index is 1.53. The summed E-state index contributed by atoms with van der Waals surface area (Å²) in [6, 6.07) is 15.7. The highest BCUT2D eigenvalue weighted by molar-refractivity contribution is 5.58. The zero-order valence-corrected chi connectivity index (χ0v) is 15.3. The van der Waals surface area contributed by atoms with Crippen molar-refractivity contribution >= 4 is 5.69 Å². The molecule has 5 heteroatoms. The van der Waals surface area contributed by atoms with Crippen molar-refractivity contribution < 1.29 is 14.9 Å². The van der Waals surface area contributed by atoms with Crippen LogP contribution in [-0.2, 0) is 0 Å². The van der Waals surface area contributed by atoms with Crippen LogP contribution in [0.3, 0.4) is 0 Å². The predicted molar refractivity (Wildman–Crippen MR) is 102 cm³/mol. The van der Waals surface area contributed by atoms with E-state index in [4.69, 9.17) is 4.74 Å². The van der Waals surface area contributed by atoms with Crippen molar-refractivity contribution in [1.29, 1.82) is 0 Å². The third-order valence-corrected chi connectivity index (χ3v) is 6.08. The maximum atomic E-state index is 11.0. The first kappa shape index (κ1) is 17.3. The summed E-state index contributed by atoms with van der Waals surface area (Å²) < 4.78 is 5.49. The van der Waals surface area contributed by atoms with E-state index in [9.17, 15) is 10.2 Å². The lowest BCUT2D eigenvalue weighted by Crippen LogP contribution is -2.59. The van der Waals surface area contributed by atoms with Crippen LogP contribution in [-0.4, -0.2) is 53.9 Å². The van der Waals surface area contributed by atoms with Crippen LogP contribution >= 0.6 is 0 Å². The number of para-hydroxylation sites is 2. The minimum absolute atomic E-state index is 0.688. The number of piperazine rings is 1. The topological polar surface area (TPSA) is 56.2 Å². The number of benzene rings is 2. The average Bonchev–Trinajstić information content (AvgIpc) is 2.90. The zero-order valence-electron chi connectivity index (χ0n) is 15.3. The second-order valence-corrected chi connectivity index (χ2v) is 7.31. The fourth-order valence-electron chi connectivity index (χ4n) is 4.45. The Morgan fingerprint density at radius 1 is 0.885 bits per heavy atom. The van der Waals surface area contributed by atoms with Gasteiger partial charge in [-0.25, -0.2) is 0 Å². The van der Waals surface area contributed by atoms with E-state index in [1.807, 2.05) is 49.4 Å². The number of methoxy groups -OCH3 is 1. The number of ether oxygens (including phenoxy) is 1. The van der Waals surface area contributed by atoms with Crippen molar-refractivity contribution in [1.82, 2.24) is 4.90 Å². The molecule has 26 heavy (non-hydrogen) atoms. The molecule has 1 saturated heterocycles. The van der Waals surface area contributed by atoms with E-state index in [0.717, 1.165) is 48.7 Å². The Morgan fingerprint density at radius 2 is 1.42 bits per heavy atom. The first-order chi connectivity index (χ1) is 12.6. The molecule has 1 aliphatic heterocycles. The van der Waals surface area contributed by atoms with Crippen LogP contribution in [0, 0.1) is 0 Å². The van der Waals surface area contributed by atoms with Crippen LogP contribution in [0.5, 0.6) is 5.75 Å². The fraction of sp³-hybridized carbons (Fsp3) is 0.429. The third-order valence-electron chi connectivity index (χ3n) is 6.08. The van der Waals surface area contributed by atoms with E-state index >= 15 is 0 Å². The van der Waals surface area contributed by atoms with Crippen LogP contribution in [0.25, 0.3) is 0 Å². The van der Waals surface area contributed by atoms with Gasteiger partial charge in [-0.1, -0.05) is 36.4 Å². The summed E-state index contributed by atoms with van der Waals surface area (Å²) >= 11 is 0. The van der Waals surface area contributed by atoms with Crippen molar-refractivity contribution in [3.05, 3.63) is 59.7 Å². The summed E-state index contributed by atoms with van der Waals surface area (Å²) in [5, 5.41) is 21.9. The van der Waals surface area contributed by atoms with Crippen molar-refractivity contribution in [2.45, 2.75) is 24.7 Å². The second kappa shape index (κ2) is 6.58. The molecule has 2 atom stereocenters. The van der Waals surface area contributed by atoms with Gasteiger partial charge in [0.25, 0.3) is 0 Å². The highest BCUT2D eigenvalue weighted by Gasteiger charge is 2.53. The fourth-order valence-corrected chi connectivity index (χ4v) is 4.45. The molecular weight excluding hydrogens is 328 g/mol. The molecule has 2 N–H and O–H groups in total. The zero-order chi connectivity index (χ0) is 18.3. The Labute approximate surface area is 154 Å². The summed E-state index contributed by atoms with van der Waals surface area (Å²) in [7, 11) is 1.69. The number of aliphatic hydroxyl groups is 2. The van der Waals surface area contributed by atoms with Gasteiger partial charge in [-0.2, -0.15) is 0 Å². The summed E-state index contributed by atoms with van der Waals surface area (Å²) in [4.78, 5) is 4.54. The molecule has 0 bridgehead atoms. The van der Waals surface area contributed by atoms with Gasteiger partial charge in [0.2, 0.25) is 0 Å². The van der Waals surface area contributed by atoms with Crippen molar-refractivity contribution in [3.63, 3.8) is 0 Å². The van der Waals surface area contributed by atoms with E-state index in [0.29, 0.717) is 0 Å². The van der Waals surface area contributed by atoms with E-state index in [1.165, 1.54) is 0 Å². The second-order valence-electron chi connectivity index (χ2n) is 7.31. The molecule has 138 valence electrons. The normalized spacial score (nSPS) is 28.8. The molecule has 0 amide bonds. The van der Waals surface area contributed by atoms with Gasteiger partial charge < -0.3 is 19.8 Å². The number of nitrogens with zero attached hydrogens (tertiary/aromatic N) is 2. The molecule has 2 aromatic carbocycles. The van der Waals surface area contributed by atoms with Gasteiger partial charge in [0, 0.05) is 26.2 Å². The molecule has 1 fully saturated rings. The molecule has 1 aliphatic carbocycles. The van der Waals surface area contributed by atoms with Crippen LogP contribution in [0.15, 0.2) is 48.5 Å². The Hall–Kier alpha value is -2.08. The molecule has 4 rings (SSSR count). The molecule has 0 radical (unpaired) electrons. The van der Waals surface area contributed by atoms with Crippen LogP contribution < -0.4 is 9.64 Å². The maximum absolute atomic E-state index is 11.0. The lowest BCUT2D eigenvalue weighted by atomic mass is 9.90.